The lowest BCUT2D eigenvalue weighted by Gasteiger charge is -2.10. The van der Waals surface area contributed by atoms with E-state index < -0.39 is 6.10 Å². The fourth-order valence-corrected chi connectivity index (χ4v) is 2.89. The van der Waals surface area contributed by atoms with E-state index in [0.29, 0.717) is 20.6 Å². The molecule has 0 bridgehead atoms. The standard InChI is InChI=1S/C15H11FINO2/c16-9-5-6-10(11(17)7-9)13(19)8-15-18-12-3-1-2-4-14(12)20-15/h1-7,13,19H,8H2. The van der Waals surface area contributed by atoms with Gasteiger partial charge in [0.05, 0.1) is 12.5 Å². The third-order valence-corrected chi connectivity index (χ3v) is 3.96. The Morgan fingerprint density at radius 3 is 2.80 bits per heavy atom. The first-order valence-corrected chi connectivity index (χ1v) is 7.19. The lowest BCUT2D eigenvalue weighted by molar-refractivity contribution is 0.168. The minimum Gasteiger partial charge on any atom is -0.441 e. The molecule has 1 N–H and O–H groups in total. The number of halogens is 2. The molecule has 0 radical (unpaired) electrons. The van der Waals surface area contributed by atoms with E-state index in [-0.39, 0.29) is 12.2 Å². The fraction of sp³-hybridized carbons (Fsp3) is 0.133. The molecule has 1 atom stereocenters. The molecule has 20 heavy (non-hydrogen) atoms. The molecule has 0 aliphatic carbocycles. The Hall–Kier alpha value is -1.47. The second kappa shape index (κ2) is 5.49. The third-order valence-electron chi connectivity index (χ3n) is 3.03. The second-order valence-corrected chi connectivity index (χ2v) is 5.62. The predicted octanol–water partition coefficient (Wildman–Crippen LogP) is 3.85. The van der Waals surface area contributed by atoms with Crippen molar-refractivity contribution in [3.8, 4) is 0 Å². The Morgan fingerprint density at radius 1 is 1.25 bits per heavy atom. The molecule has 3 nitrogen and oxygen atoms in total. The van der Waals surface area contributed by atoms with Gasteiger partial charge in [-0.1, -0.05) is 18.2 Å². The van der Waals surface area contributed by atoms with E-state index >= 15 is 0 Å². The maximum Gasteiger partial charge on any atom is 0.198 e. The molecule has 0 saturated heterocycles. The molecule has 0 aliphatic heterocycles. The topological polar surface area (TPSA) is 46.3 Å². The van der Waals surface area contributed by atoms with E-state index in [1.165, 1.54) is 12.1 Å². The lowest BCUT2D eigenvalue weighted by Crippen LogP contribution is -2.04. The number of para-hydroxylation sites is 2. The summed E-state index contributed by atoms with van der Waals surface area (Å²) in [4.78, 5) is 4.32. The van der Waals surface area contributed by atoms with Gasteiger partial charge in [-0.2, -0.15) is 0 Å². The Bertz CT molecular complexity index is 723. The van der Waals surface area contributed by atoms with Crippen molar-refractivity contribution in [2.45, 2.75) is 12.5 Å². The normalized spacial score (nSPS) is 12.8. The van der Waals surface area contributed by atoms with Gasteiger partial charge >= 0.3 is 0 Å². The summed E-state index contributed by atoms with van der Waals surface area (Å²) in [5.74, 6) is 0.158. The number of rotatable bonds is 3. The molecule has 0 aliphatic rings. The molecule has 0 saturated carbocycles. The van der Waals surface area contributed by atoms with Crippen molar-refractivity contribution < 1.29 is 13.9 Å². The minimum absolute atomic E-state index is 0.260. The van der Waals surface area contributed by atoms with Crippen LogP contribution in [0.25, 0.3) is 11.1 Å². The van der Waals surface area contributed by atoms with Crippen LogP contribution < -0.4 is 0 Å². The van der Waals surface area contributed by atoms with Crippen molar-refractivity contribution in [1.29, 1.82) is 0 Å². The zero-order valence-corrected chi connectivity index (χ0v) is 12.5. The summed E-state index contributed by atoms with van der Waals surface area (Å²) in [7, 11) is 0. The molecule has 3 rings (SSSR count). The van der Waals surface area contributed by atoms with Crippen LogP contribution in [0.2, 0.25) is 0 Å². The highest BCUT2D eigenvalue weighted by atomic mass is 127. The Morgan fingerprint density at radius 2 is 2.05 bits per heavy atom. The average Bonchev–Trinajstić information content (AvgIpc) is 2.80. The first kappa shape index (κ1) is 13.5. The zero-order valence-electron chi connectivity index (χ0n) is 10.4. The summed E-state index contributed by atoms with van der Waals surface area (Å²) in [6.45, 7) is 0. The number of fused-ring (bicyclic) bond motifs is 1. The van der Waals surface area contributed by atoms with Crippen LogP contribution in [0.4, 0.5) is 4.39 Å². The van der Waals surface area contributed by atoms with E-state index in [2.05, 4.69) is 4.98 Å². The maximum absolute atomic E-state index is 13.1. The molecular weight excluding hydrogens is 372 g/mol. The summed E-state index contributed by atoms with van der Waals surface area (Å²) >= 11 is 2.01. The van der Waals surface area contributed by atoms with Crippen molar-refractivity contribution in [1.82, 2.24) is 4.98 Å². The Labute approximate surface area is 128 Å². The van der Waals surface area contributed by atoms with Gasteiger partial charge in [0.25, 0.3) is 0 Å². The Kier molecular flexibility index (Phi) is 3.71. The quantitative estimate of drug-likeness (QED) is 0.699. The summed E-state index contributed by atoms with van der Waals surface area (Å²) in [6, 6.07) is 11.8. The molecule has 102 valence electrons. The Balaban J connectivity index is 1.86. The van der Waals surface area contributed by atoms with Crippen LogP contribution in [0.3, 0.4) is 0 Å². The van der Waals surface area contributed by atoms with Gasteiger partial charge in [0.1, 0.15) is 11.3 Å². The summed E-state index contributed by atoms with van der Waals surface area (Å²) < 4.78 is 19.3. The lowest BCUT2D eigenvalue weighted by atomic mass is 10.1. The smallest absolute Gasteiger partial charge is 0.198 e. The molecule has 3 aromatic rings. The number of hydrogen-bond acceptors (Lipinski definition) is 3. The van der Waals surface area contributed by atoms with Crippen LogP contribution in [0.1, 0.15) is 17.6 Å². The van der Waals surface area contributed by atoms with E-state index in [0.717, 1.165) is 5.52 Å². The van der Waals surface area contributed by atoms with Gasteiger partial charge in [0.2, 0.25) is 0 Å². The van der Waals surface area contributed by atoms with Crippen LogP contribution >= 0.6 is 22.6 Å². The molecule has 1 aromatic heterocycles. The third kappa shape index (κ3) is 2.69. The number of benzene rings is 2. The highest BCUT2D eigenvalue weighted by Gasteiger charge is 2.16. The molecule has 0 spiro atoms. The van der Waals surface area contributed by atoms with Gasteiger partial charge in [-0.15, -0.1) is 0 Å². The molecule has 2 aromatic carbocycles. The number of aliphatic hydroxyl groups excluding tert-OH is 1. The van der Waals surface area contributed by atoms with Crippen molar-refractivity contribution in [2.24, 2.45) is 0 Å². The molecule has 0 amide bonds. The maximum atomic E-state index is 13.1. The van der Waals surface area contributed by atoms with Gasteiger partial charge < -0.3 is 9.52 Å². The number of aromatic nitrogens is 1. The van der Waals surface area contributed by atoms with Crippen LogP contribution in [-0.2, 0) is 6.42 Å². The first-order valence-electron chi connectivity index (χ1n) is 6.11. The molecule has 0 fully saturated rings. The first-order chi connectivity index (χ1) is 9.63. The predicted molar refractivity (Wildman–Crippen MR) is 81.8 cm³/mol. The molecule has 5 heteroatoms. The minimum atomic E-state index is -0.768. The molecule has 1 unspecified atom stereocenters. The number of aliphatic hydroxyl groups is 1. The van der Waals surface area contributed by atoms with E-state index in [4.69, 9.17) is 4.42 Å². The average molecular weight is 383 g/mol. The van der Waals surface area contributed by atoms with Gasteiger partial charge in [-0.05, 0) is 52.4 Å². The van der Waals surface area contributed by atoms with Crippen LogP contribution in [0.15, 0.2) is 46.9 Å². The number of nitrogens with zero attached hydrogens (tertiary/aromatic N) is 1. The number of hydrogen-bond donors (Lipinski definition) is 1. The number of oxazole rings is 1. The highest BCUT2D eigenvalue weighted by molar-refractivity contribution is 14.1. The monoisotopic (exact) mass is 383 g/mol. The second-order valence-electron chi connectivity index (χ2n) is 4.46. The van der Waals surface area contributed by atoms with E-state index in [1.807, 2.05) is 46.9 Å². The van der Waals surface area contributed by atoms with Crippen LogP contribution in [0.5, 0.6) is 0 Å². The van der Waals surface area contributed by atoms with Crippen LogP contribution in [0, 0.1) is 9.39 Å². The summed E-state index contributed by atoms with van der Waals surface area (Å²) in [5, 5.41) is 10.2. The largest absolute Gasteiger partial charge is 0.441 e. The van der Waals surface area contributed by atoms with Crippen molar-refractivity contribution in [3.63, 3.8) is 0 Å². The van der Waals surface area contributed by atoms with Gasteiger partial charge in [-0.25, -0.2) is 9.37 Å². The summed E-state index contributed by atoms with van der Waals surface area (Å²) in [6.07, 6.45) is -0.508. The van der Waals surface area contributed by atoms with Crippen molar-refractivity contribution in [2.75, 3.05) is 0 Å². The van der Waals surface area contributed by atoms with Gasteiger partial charge in [0, 0.05) is 3.57 Å². The highest BCUT2D eigenvalue weighted by Crippen LogP contribution is 2.25. The van der Waals surface area contributed by atoms with Gasteiger partial charge in [-0.3, -0.25) is 0 Å². The van der Waals surface area contributed by atoms with Gasteiger partial charge in [0.15, 0.2) is 11.5 Å². The fourth-order valence-electron chi connectivity index (χ4n) is 2.05. The molecule has 1 heterocycles. The SMILES string of the molecule is OC(Cc1nc2ccccc2o1)c1ccc(F)cc1I. The van der Waals surface area contributed by atoms with E-state index in [9.17, 15) is 9.50 Å². The van der Waals surface area contributed by atoms with Crippen molar-refractivity contribution >= 4 is 33.7 Å². The van der Waals surface area contributed by atoms with Crippen LogP contribution in [-0.4, -0.2) is 10.1 Å². The van der Waals surface area contributed by atoms with E-state index in [1.54, 1.807) is 6.07 Å². The molecular formula is C15H11FINO2. The summed E-state index contributed by atoms with van der Waals surface area (Å²) in [5.41, 5.74) is 2.14. The van der Waals surface area contributed by atoms with Crippen molar-refractivity contribution in [3.05, 3.63) is 63.3 Å². The zero-order chi connectivity index (χ0) is 14.1.